The van der Waals surface area contributed by atoms with Gasteiger partial charge < -0.3 is 10.8 Å². The molecule has 3 unspecified atom stereocenters. The van der Waals surface area contributed by atoms with E-state index in [9.17, 15) is 0 Å². The molecule has 1 fully saturated rings. The average Bonchev–Trinajstić information content (AvgIpc) is 2.79. The van der Waals surface area contributed by atoms with E-state index in [2.05, 4.69) is 36.1 Å². The second-order valence-electron chi connectivity index (χ2n) is 5.38. The zero-order chi connectivity index (χ0) is 13.0. The molecule has 18 heavy (non-hydrogen) atoms. The first-order chi connectivity index (χ1) is 8.72. The highest BCUT2D eigenvalue weighted by atomic mass is 16.3. The summed E-state index contributed by atoms with van der Waals surface area (Å²) in [4.78, 5) is 2.47. The van der Waals surface area contributed by atoms with Gasteiger partial charge in [-0.15, -0.1) is 0 Å². The number of nitrogens with two attached hydrogens (primary N) is 1. The molecule has 0 aromatic heterocycles. The lowest BCUT2D eigenvalue weighted by Gasteiger charge is -2.31. The van der Waals surface area contributed by atoms with E-state index >= 15 is 0 Å². The summed E-state index contributed by atoms with van der Waals surface area (Å²) in [6, 6.07) is 10.9. The van der Waals surface area contributed by atoms with Crippen molar-refractivity contribution in [3.63, 3.8) is 0 Å². The van der Waals surface area contributed by atoms with E-state index in [1.54, 1.807) is 0 Å². The maximum Gasteiger partial charge on any atom is 0.0496 e. The summed E-state index contributed by atoms with van der Waals surface area (Å²) in [5.41, 5.74) is 7.48. The van der Waals surface area contributed by atoms with Gasteiger partial charge in [-0.2, -0.15) is 0 Å². The quantitative estimate of drug-likeness (QED) is 0.835. The molecular weight excluding hydrogens is 224 g/mol. The van der Waals surface area contributed by atoms with Gasteiger partial charge in [0.25, 0.3) is 0 Å². The number of benzene rings is 1. The predicted molar refractivity (Wildman–Crippen MR) is 74.2 cm³/mol. The van der Waals surface area contributed by atoms with Crippen LogP contribution in [0.2, 0.25) is 0 Å². The summed E-state index contributed by atoms with van der Waals surface area (Å²) < 4.78 is 0. The Morgan fingerprint density at radius 2 is 2.11 bits per heavy atom. The van der Waals surface area contributed by atoms with E-state index < -0.39 is 0 Å². The van der Waals surface area contributed by atoms with Crippen molar-refractivity contribution >= 4 is 0 Å². The molecule has 0 spiro atoms. The average molecular weight is 248 g/mol. The lowest BCUT2D eigenvalue weighted by Crippen LogP contribution is -2.38. The molecule has 3 heteroatoms. The van der Waals surface area contributed by atoms with Gasteiger partial charge in [0.1, 0.15) is 0 Å². The van der Waals surface area contributed by atoms with Crippen LogP contribution in [0.4, 0.5) is 0 Å². The molecule has 1 aromatic carbocycles. The fourth-order valence-corrected chi connectivity index (χ4v) is 3.03. The smallest absolute Gasteiger partial charge is 0.0496 e. The molecule has 1 aliphatic heterocycles. The first-order valence-electron chi connectivity index (χ1n) is 6.88. The van der Waals surface area contributed by atoms with Crippen LogP contribution in [0, 0.1) is 5.92 Å². The van der Waals surface area contributed by atoms with Crippen LogP contribution in [0.3, 0.4) is 0 Å². The van der Waals surface area contributed by atoms with E-state index in [-0.39, 0.29) is 6.04 Å². The summed E-state index contributed by atoms with van der Waals surface area (Å²) in [6.45, 7) is 4.52. The highest BCUT2D eigenvalue weighted by Gasteiger charge is 2.30. The first kappa shape index (κ1) is 13.5. The molecule has 0 bridgehead atoms. The fraction of sp³-hybridized carbons (Fsp3) is 0.600. The third-order valence-electron chi connectivity index (χ3n) is 3.89. The highest BCUT2D eigenvalue weighted by molar-refractivity contribution is 5.20. The van der Waals surface area contributed by atoms with Gasteiger partial charge in [0.2, 0.25) is 0 Å². The second-order valence-corrected chi connectivity index (χ2v) is 5.38. The number of nitrogens with zero attached hydrogens (tertiary/aromatic N) is 1. The Morgan fingerprint density at radius 3 is 2.72 bits per heavy atom. The monoisotopic (exact) mass is 248 g/mol. The second kappa shape index (κ2) is 6.32. The molecule has 3 nitrogen and oxygen atoms in total. The van der Waals surface area contributed by atoms with E-state index in [0.29, 0.717) is 18.6 Å². The van der Waals surface area contributed by atoms with Crippen LogP contribution >= 0.6 is 0 Å². The molecule has 0 aliphatic carbocycles. The van der Waals surface area contributed by atoms with Gasteiger partial charge in [0.15, 0.2) is 0 Å². The molecule has 3 N–H and O–H groups in total. The summed E-state index contributed by atoms with van der Waals surface area (Å²) in [7, 11) is 0. The number of hydrogen-bond acceptors (Lipinski definition) is 3. The Labute approximate surface area is 110 Å². The van der Waals surface area contributed by atoms with E-state index in [1.807, 2.05) is 6.07 Å². The fourth-order valence-electron chi connectivity index (χ4n) is 3.03. The maximum absolute atomic E-state index is 9.03. The molecule has 1 aliphatic rings. The summed E-state index contributed by atoms with van der Waals surface area (Å²) in [5.74, 6) is 0.625. The number of likely N-dealkylation sites (tertiary alicyclic amines) is 1. The zero-order valence-corrected chi connectivity index (χ0v) is 11.1. The van der Waals surface area contributed by atoms with Crippen LogP contribution in [-0.4, -0.2) is 35.7 Å². The lowest BCUT2D eigenvalue weighted by atomic mass is 9.99. The maximum atomic E-state index is 9.03. The summed E-state index contributed by atoms with van der Waals surface area (Å²) >= 11 is 0. The number of hydrogen-bond donors (Lipinski definition) is 2. The minimum atomic E-state index is 0.125. The highest BCUT2D eigenvalue weighted by Crippen LogP contribution is 2.30. The van der Waals surface area contributed by atoms with Crippen molar-refractivity contribution in [2.45, 2.75) is 31.8 Å². The van der Waals surface area contributed by atoms with Crippen LogP contribution in [0.1, 0.15) is 31.4 Å². The topological polar surface area (TPSA) is 49.5 Å². The molecule has 100 valence electrons. The van der Waals surface area contributed by atoms with Crippen molar-refractivity contribution in [3.8, 4) is 0 Å². The van der Waals surface area contributed by atoms with Crippen molar-refractivity contribution in [1.29, 1.82) is 0 Å². The van der Waals surface area contributed by atoms with Crippen molar-refractivity contribution in [1.82, 2.24) is 4.90 Å². The van der Waals surface area contributed by atoms with Crippen LogP contribution in [0.15, 0.2) is 30.3 Å². The number of aliphatic hydroxyl groups excluding tert-OH is 1. The normalized spacial score (nSPS) is 24.1. The zero-order valence-electron chi connectivity index (χ0n) is 11.1. The van der Waals surface area contributed by atoms with Crippen molar-refractivity contribution in [2.24, 2.45) is 11.7 Å². The Hall–Kier alpha value is -0.900. The molecule has 2 rings (SSSR count). The number of aliphatic hydroxyl groups is 1. The van der Waals surface area contributed by atoms with Gasteiger partial charge >= 0.3 is 0 Å². The van der Waals surface area contributed by atoms with Gasteiger partial charge in [-0.05, 0) is 37.8 Å². The molecule has 1 saturated heterocycles. The third kappa shape index (κ3) is 3.10. The van der Waals surface area contributed by atoms with Crippen LogP contribution in [0.25, 0.3) is 0 Å². The van der Waals surface area contributed by atoms with Gasteiger partial charge in [-0.1, -0.05) is 30.3 Å². The van der Waals surface area contributed by atoms with Gasteiger partial charge in [-0.25, -0.2) is 0 Å². The van der Waals surface area contributed by atoms with Crippen LogP contribution < -0.4 is 5.73 Å². The number of rotatable bonds is 5. The van der Waals surface area contributed by atoms with Crippen LogP contribution in [0.5, 0.6) is 0 Å². The minimum Gasteiger partial charge on any atom is -0.396 e. The van der Waals surface area contributed by atoms with Crippen molar-refractivity contribution in [2.75, 3.05) is 19.7 Å². The Balaban J connectivity index is 2.08. The van der Waals surface area contributed by atoms with Crippen molar-refractivity contribution < 1.29 is 5.11 Å². The summed E-state index contributed by atoms with van der Waals surface area (Å²) in [5, 5.41) is 9.03. The van der Waals surface area contributed by atoms with Gasteiger partial charge in [0.05, 0.1) is 0 Å². The van der Waals surface area contributed by atoms with Crippen LogP contribution in [-0.2, 0) is 0 Å². The molecule has 1 heterocycles. The SMILES string of the molecule is CC(N)C(c1ccccc1)N1CCC(CCO)C1. The third-order valence-corrected chi connectivity index (χ3v) is 3.89. The molecular formula is C15H24N2O. The molecule has 0 radical (unpaired) electrons. The molecule has 0 saturated carbocycles. The lowest BCUT2D eigenvalue weighted by molar-refractivity contribution is 0.201. The Kier molecular flexibility index (Phi) is 4.75. The van der Waals surface area contributed by atoms with Crippen molar-refractivity contribution in [3.05, 3.63) is 35.9 Å². The van der Waals surface area contributed by atoms with Gasteiger partial charge in [-0.3, -0.25) is 4.90 Å². The largest absolute Gasteiger partial charge is 0.396 e. The van der Waals surface area contributed by atoms with E-state index in [1.165, 1.54) is 12.0 Å². The van der Waals surface area contributed by atoms with Gasteiger partial charge in [0, 0.05) is 25.2 Å². The molecule has 1 aromatic rings. The predicted octanol–water partition coefficient (Wildman–Crippen LogP) is 1.78. The van der Waals surface area contributed by atoms with E-state index in [4.69, 9.17) is 10.8 Å². The summed E-state index contributed by atoms with van der Waals surface area (Å²) in [6.07, 6.45) is 2.09. The molecule has 3 atom stereocenters. The molecule has 0 amide bonds. The first-order valence-corrected chi connectivity index (χ1v) is 6.88. The Bertz CT molecular complexity index is 353. The minimum absolute atomic E-state index is 0.125. The standard InChI is InChI=1S/C15H24N2O/c1-12(16)15(14-5-3-2-4-6-14)17-9-7-13(11-17)8-10-18/h2-6,12-13,15,18H,7-11,16H2,1H3. The Morgan fingerprint density at radius 1 is 1.39 bits per heavy atom. The van der Waals surface area contributed by atoms with E-state index in [0.717, 1.165) is 19.5 Å².